The summed E-state index contributed by atoms with van der Waals surface area (Å²) >= 11 is 0. The van der Waals surface area contributed by atoms with Gasteiger partial charge in [-0.15, -0.1) is 0 Å². The largest absolute Gasteiger partial charge is 0.331 e. The highest BCUT2D eigenvalue weighted by Crippen LogP contribution is 2.11. The van der Waals surface area contributed by atoms with E-state index in [1.54, 1.807) is 0 Å². The quantitative estimate of drug-likeness (QED) is 0.435. The lowest BCUT2D eigenvalue weighted by Crippen LogP contribution is -2.19. The van der Waals surface area contributed by atoms with Gasteiger partial charge in [-0.2, -0.15) is 0 Å². The average molecular weight is 169 g/mol. The predicted molar refractivity (Wildman–Crippen MR) is 42.7 cm³/mol. The molecule has 0 aliphatic heterocycles. The molecule has 0 saturated heterocycles. The van der Waals surface area contributed by atoms with Gasteiger partial charge in [-0.1, -0.05) is 5.16 Å². The van der Waals surface area contributed by atoms with Gasteiger partial charge in [0.05, 0.1) is 0 Å². The lowest BCUT2D eigenvalue weighted by Gasteiger charge is -2.09. The first kappa shape index (κ1) is 8.90. The fourth-order valence-corrected chi connectivity index (χ4v) is 1.08. The molecule has 0 radical (unpaired) electrons. The van der Waals surface area contributed by atoms with Gasteiger partial charge < -0.3 is 4.84 Å². The Hall–Kier alpha value is -1.19. The minimum absolute atomic E-state index is 0.00231. The van der Waals surface area contributed by atoms with Gasteiger partial charge in [-0.05, 0) is 19.3 Å². The van der Waals surface area contributed by atoms with Crippen molar-refractivity contribution in [2.75, 3.05) is 0 Å². The Morgan fingerprint density at radius 1 is 1.42 bits per heavy atom. The van der Waals surface area contributed by atoms with Crippen molar-refractivity contribution in [2.24, 2.45) is 5.16 Å². The minimum Gasteiger partial charge on any atom is -0.318 e. The fourth-order valence-electron chi connectivity index (χ4n) is 1.08. The van der Waals surface area contributed by atoms with E-state index in [-0.39, 0.29) is 5.78 Å². The van der Waals surface area contributed by atoms with Crippen LogP contribution in [0.3, 0.4) is 0 Å². The maximum Gasteiger partial charge on any atom is 0.331 e. The molecule has 4 heteroatoms. The number of carbonyl (C=O) groups excluding carboxylic acids is 2. The molecule has 0 amide bonds. The van der Waals surface area contributed by atoms with E-state index in [0.29, 0.717) is 18.6 Å². The summed E-state index contributed by atoms with van der Waals surface area (Å²) in [6.45, 7) is 1.26. The lowest BCUT2D eigenvalue weighted by molar-refractivity contribution is -0.141. The molecule has 0 unspecified atom stereocenters. The van der Waals surface area contributed by atoms with Crippen LogP contribution in [-0.4, -0.2) is 17.5 Å². The van der Waals surface area contributed by atoms with E-state index >= 15 is 0 Å². The van der Waals surface area contributed by atoms with Crippen molar-refractivity contribution in [3.05, 3.63) is 0 Å². The number of hydrogen-bond acceptors (Lipinski definition) is 4. The third kappa shape index (κ3) is 2.45. The molecule has 0 N–H and O–H groups in total. The first-order valence-electron chi connectivity index (χ1n) is 3.98. The monoisotopic (exact) mass is 169 g/mol. The molecule has 4 nitrogen and oxygen atoms in total. The van der Waals surface area contributed by atoms with Crippen LogP contribution in [0.2, 0.25) is 0 Å². The molecule has 0 atom stereocenters. The minimum atomic E-state index is -0.485. The topological polar surface area (TPSA) is 55.7 Å². The van der Waals surface area contributed by atoms with Crippen LogP contribution in [0.5, 0.6) is 0 Å². The predicted octanol–water partition coefficient (Wildman–Crippen LogP) is 1.05. The summed E-state index contributed by atoms with van der Waals surface area (Å²) in [5.74, 6) is -0.483. The lowest BCUT2D eigenvalue weighted by atomic mass is 9.97. The molecule has 0 aromatic heterocycles. The number of rotatable bonds is 1. The van der Waals surface area contributed by atoms with Crippen LogP contribution in [0.1, 0.15) is 32.6 Å². The van der Waals surface area contributed by atoms with Gasteiger partial charge in [0.25, 0.3) is 0 Å². The van der Waals surface area contributed by atoms with Crippen molar-refractivity contribution in [2.45, 2.75) is 32.6 Å². The second-order valence-corrected chi connectivity index (χ2v) is 2.75. The third-order valence-electron chi connectivity index (χ3n) is 1.67. The number of ketones is 1. The molecule has 1 fully saturated rings. The molecule has 0 aromatic rings. The van der Waals surface area contributed by atoms with E-state index < -0.39 is 5.97 Å². The maximum absolute atomic E-state index is 11.1. The molecule has 12 heavy (non-hydrogen) atoms. The summed E-state index contributed by atoms with van der Waals surface area (Å²) in [7, 11) is 0. The van der Waals surface area contributed by atoms with E-state index in [4.69, 9.17) is 0 Å². The fraction of sp³-hybridized carbons (Fsp3) is 0.625. The SMILES string of the molecule is CC(=O)O/N=C1/CCCCC1=O. The Balaban J connectivity index is 2.53. The summed E-state index contributed by atoms with van der Waals surface area (Å²) in [5.41, 5.74) is 0.399. The molecule has 0 aromatic carbocycles. The van der Waals surface area contributed by atoms with E-state index in [1.807, 2.05) is 0 Å². The van der Waals surface area contributed by atoms with Crippen LogP contribution in [0, 0.1) is 0 Å². The maximum atomic E-state index is 11.1. The van der Waals surface area contributed by atoms with Crippen molar-refractivity contribution in [3.63, 3.8) is 0 Å². The Bertz CT molecular complexity index is 232. The van der Waals surface area contributed by atoms with Gasteiger partial charge in [-0.3, -0.25) is 4.79 Å². The van der Waals surface area contributed by atoms with Crippen LogP contribution >= 0.6 is 0 Å². The second kappa shape index (κ2) is 3.99. The number of hydrogen-bond donors (Lipinski definition) is 0. The van der Waals surface area contributed by atoms with Crippen LogP contribution in [-0.2, 0) is 14.4 Å². The highest BCUT2D eigenvalue weighted by molar-refractivity contribution is 6.40. The number of carbonyl (C=O) groups is 2. The Kier molecular flexibility index (Phi) is 2.96. The number of Topliss-reactive ketones (excluding diaryl/α,β-unsaturated/α-hetero) is 1. The summed E-state index contributed by atoms with van der Waals surface area (Å²) in [6, 6.07) is 0. The van der Waals surface area contributed by atoms with Gasteiger partial charge in [-0.25, -0.2) is 4.79 Å². The molecule has 0 spiro atoms. The third-order valence-corrected chi connectivity index (χ3v) is 1.67. The van der Waals surface area contributed by atoms with Crippen molar-refractivity contribution in [1.29, 1.82) is 0 Å². The molecule has 1 rings (SSSR count). The molecule has 1 aliphatic carbocycles. The summed E-state index contributed by atoms with van der Waals surface area (Å²) in [5, 5.41) is 3.48. The number of oxime groups is 1. The highest BCUT2D eigenvalue weighted by Gasteiger charge is 2.17. The Morgan fingerprint density at radius 2 is 2.08 bits per heavy atom. The summed E-state index contributed by atoms with van der Waals surface area (Å²) in [6.07, 6.45) is 3.02. The van der Waals surface area contributed by atoms with Crippen LogP contribution in [0.25, 0.3) is 0 Å². The van der Waals surface area contributed by atoms with Gasteiger partial charge in [0.2, 0.25) is 0 Å². The van der Waals surface area contributed by atoms with Crippen molar-refractivity contribution in [1.82, 2.24) is 0 Å². The first-order chi connectivity index (χ1) is 5.70. The standard InChI is InChI=1S/C8H11NO3/c1-6(10)12-9-7-4-2-3-5-8(7)11/h2-5H2,1H3/b9-7-. The zero-order chi connectivity index (χ0) is 8.97. The van der Waals surface area contributed by atoms with Crippen molar-refractivity contribution in [3.8, 4) is 0 Å². The van der Waals surface area contributed by atoms with Crippen molar-refractivity contribution < 1.29 is 14.4 Å². The van der Waals surface area contributed by atoms with Gasteiger partial charge >= 0.3 is 5.97 Å². The van der Waals surface area contributed by atoms with E-state index in [2.05, 4.69) is 9.99 Å². The van der Waals surface area contributed by atoms with Crippen LogP contribution in [0.4, 0.5) is 0 Å². The molecule has 0 bridgehead atoms. The molecular formula is C8H11NO3. The average Bonchev–Trinajstić information content (AvgIpc) is 2.03. The highest BCUT2D eigenvalue weighted by atomic mass is 16.7. The Labute approximate surface area is 70.6 Å². The van der Waals surface area contributed by atoms with Gasteiger partial charge in [0.1, 0.15) is 5.71 Å². The zero-order valence-corrected chi connectivity index (χ0v) is 7.00. The molecular weight excluding hydrogens is 158 g/mol. The van der Waals surface area contributed by atoms with Gasteiger partial charge in [0.15, 0.2) is 5.78 Å². The molecule has 1 aliphatic rings. The molecule has 0 heterocycles. The van der Waals surface area contributed by atoms with Crippen LogP contribution < -0.4 is 0 Å². The summed E-state index contributed by atoms with van der Waals surface area (Å²) < 4.78 is 0. The first-order valence-corrected chi connectivity index (χ1v) is 3.98. The zero-order valence-electron chi connectivity index (χ0n) is 7.00. The van der Waals surface area contributed by atoms with Crippen LogP contribution in [0.15, 0.2) is 5.16 Å². The van der Waals surface area contributed by atoms with Crippen molar-refractivity contribution >= 4 is 17.5 Å². The van der Waals surface area contributed by atoms with E-state index in [0.717, 1.165) is 12.8 Å². The number of nitrogens with zero attached hydrogens (tertiary/aromatic N) is 1. The van der Waals surface area contributed by atoms with Gasteiger partial charge in [0, 0.05) is 13.3 Å². The molecule has 1 saturated carbocycles. The second-order valence-electron chi connectivity index (χ2n) is 2.75. The normalized spacial score (nSPS) is 21.1. The van der Waals surface area contributed by atoms with E-state index in [9.17, 15) is 9.59 Å². The van der Waals surface area contributed by atoms with E-state index in [1.165, 1.54) is 6.92 Å². The Morgan fingerprint density at radius 3 is 2.67 bits per heavy atom. The smallest absolute Gasteiger partial charge is 0.318 e. The summed E-state index contributed by atoms with van der Waals surface area (Å²) in [4.78, 5) is 25.8. The molecule has 66 valence electrons.